The average molecular weight is 304 g/mol. The molecule has 0 bridgehead atoms. The van der Waals surface area contributed by atoms with Crippen LogP contribution < -0.4 is 5.73 Å². The van der Waals surface area contributed by atoms with Gasteiger partial charge in [-0.25, -0.2) is 0 Å². The van der Waals surface area contributed by atoms with Gasteiger partial charge in [0.25, 0.3) is 0 Å². The van der Waals surface area contributed by atoms with E-state index in [9.17, 15) is 9.59 Å². The molecule has 6 nitrogen and oxygen atoms in total. The number of hydrogen-bond donors (Lipinski definition) is 2. The van der Waals surface area contributed by atoms with E-state index in [0.29, 0.717) is 11.1 Å². The maximum absolute atomic E-state index is 12.4. The SMILES string of the molecule is CC(C)(C)OC(=O)C(c1cccc(C#N)c1)[C@@H](N)CC(=O)O. The van der Waals surface area contributed by atoms with E-state index in [4.69, 9.17) is 20.8 Å². The second kappa shape index (κ2) is 7.05. The van der Waals surface area contributed by atoms with E-state index in [2.05, 4.69) is 0 Å². The van der Waals surface area contributed by atoms with E-state index in [1.54, 1.807) is 39.0 Å². The Labute approximate surface area is 129 Å². The van der Waals surface area contributed by atoms with Gasteiger partial charge in [-0.1, -0.05) is 12.1 Å². The number of nitrogens with two attached hydrogens (primary N) is 1. The minimum absolute atomic E-state index is 0.369. The van der Waals surface area contributed by atoms with Gasteiger partial charge in [-0.15, -0.1) is 0 Å². The van der Waals surface area contributed by atoms with E-state index in [-0.39, 0.29) is 6.42 Å². The van der Waals surface area contributed by atoms with Crippen LogP contribution in [0, 0.1) is 11.3 Å². The molecule has 0 saturated carbocycles. The number of esters is 1. The molecule has 0 amide bonds. The predicted octanol–water partition coefficient (Wildman–Crippen LogP) is 1.79. The van der Waals surface area contributed by atoms with Gasteiger partial charge in [-0.3, -0.25) is 9.59 Å². The van der Waals surface area contributed by atoms with Crippen LogP contribution in [0.2, 0.25) is 0 Å². The Hall–Kier alpha value is -2.39. The van der Waals surface area contributed by atoms with Crippen LogP contribution >= 0.6 is 0 Å². The quantitative estimate of drug-likeness (QED) is 0.802. The van der Waals surface area contributed by atoms with Crippen LogP contribution in [-0.2, 0) is 14.3 Å². The summed E-state index contributed by atoms with van der Waals surface area (Å²) >= 11 is 0. The Balaban J connectivity index is 3.18. The normalized spacial score (nSPS) is 13.8. The third kappa shape index (κ3) is 5.19. The molecule has 0 aliphatic heterocycles. The Kier molecular flexibility index (Phi) is 5.66. The lowest BCUT2D eigenvalue weighted by Crippen LogP contribution is -2.39. The molecule has 0 aromatic heterocycles. The van der Waals surface area contributed by atoms with Crippen molar-refractivity contribution >= 4 is 11.9 Å². The number of hydrogen-bond acceptors (Lipinski definition) is 5. The lowest BCUT2D eigenvalue weighted by molar-refractivity contribution is -0.157. The number of carboxylic acid groups (broad SMARTS) is 1. The van der Waals surface area contributed by atoms with Gasteiger partial charge in [0, 0.05) is 6.04 Å². The molecule has 0 saturated heterocycles. The fraction of sp³-hybridized carbons (Fsp3) is 0.438. The molecule has 3 N–H and O–H groups in total. The summed E-state index contributed by atoms with van der Waals surface area (Å²) < 4.78 is 5.34. The lowest BCUT2D eigenvalue weighted by atomic mass is 9.89. The standard InChI is InChI=1S/C16H20N2O4/c1-16(2,3)22-15(21)14(12(18)8-13(19)20)11-6-4-5-10(7-11)9-17/h4-7,12,14H,8,18H2,1-3H3,(H,19,20)/t12-,14?/m0/s1. The van der Waals surface area contributed by atoms with Crippen molar-refractivity contribution in [3.8, 4) is 6.07 Å². The number of rotatable bonds is 5. The Morgan fingerprint density at radius 3 is 2.55 bits per heavy atom. The first-order chi connectivity index (χ1) is 10.1. The molecule has 0 radical (unpaired) electrons. The van der Waals surface area contributed by atoms with Crippen molar-refractivity contribution in [3.63, 3.8) is 0 Å². The highest BCUT2D eigenvalue weighted by Gasteiger charge is 2.33. The topological polar surface area (TPSA) is 113 Å². The highest BCUT2D eigenvalue weighted by atomic mass is 16.6. The number of carboxylic acids is 1. The van der Waals surface area contributed by atoms with Crippen LogP contribution in [0.5, 0.6) is 0 Å². The second-order valence-electron chi connectivity index (χ2n) is 6.01. The van der Waals surface area contributed by atoms with Crippen LogP contribution in [0.1, 0.15) is 44.2 Å². The molecule has 1 aromatic carbocycles. The minimum atomic E-state index is -1.10. The monoisotopic (exact) mass is 304 g/mol. The van der Waals surface area contributed by atoms with Crippen molar-refractivity contribution in [2.75, 3.05) is 0 Å². The molecule has 0 aliphatic rings. The van der Waals surface area contributed by atoms with E-state index in [1.807, 2.05) is 6.07 Å². The van der Waals surface area contributed by atoms with Crippen LogP contribution in [0.15, 0.2) is 24.3 Å². The molecule has 118 valence electrons. The molecule has 1 unspecified atom stereocenters. The molecule has 1 rings (SSSR count). The number of ether oxygens (including phenoxy) is 1. The van der Waals surface area contributed by atoms with Crippen molar-refractivity contribution < 1.29 is 19.4 Å². The highest BCUT2D eigenvalue weighted by Crippen LogP contribution is 2.25. The molecule has 0 fully saturated rings. The summed E-state index contributed by atoms with van der Waals surface area (Å²) in [7, 11) is 0. The van der Waals surface area contributed by atoms with E-state index in [0.717, 1.165) is 0 Å². The molecule has 6 heteroatoms. The first kappa shape index (κ1) is 17.7. The van der Waals surface area contributed by atoms with Gasteiger partial charge in [-0.2, -0.15) is 5.26 Å². The van der Waals surface area contributed by atoms with Crippen molar-refractivity contribution in [1.82, 2.24) is 0 Å². The molecular weight excluding hydrogens is 284 g/mol. The zero-order chi connectivity index (χ0) is 16.9. The van der Waals surface area contributed by atoms with Gasteiger partial charge in [0.15, 0.2) is 0 Å². The van der Waals surface area contributed by atoms with Crippen molar-refractivity contribution in [2.24, 2.45) is 5.73 Å². The fourth-order valence-electron chi connectivity index (χ4n) is 2.04. The Bertz CT molecular complexity index is 599. The molecular formula is C16H20N2O4. The Morgan fingerprint density at radius 2 is 2.05 bits per heavy atom. The van der Waals surface area contributed by atoms with Crippen LogP contribution in [0.25, 0.3) is 0 Å². The van der Waals surface area contributed by atoms with Crippen LogP contribution in [0.4, 0.5) is 0 Å². The number of carbonyl (C=O) groups excluding carboxylic acids is 1. The van der Waals surface area contributed by atoms with Gasteiger partial charge in [0.05, 0.1) is 24.0 Å². The number of aliphatic carboxylic acids is 1. The summed E-state index contributed by atoms with van der Waals surface area (Å²) in [5, 5.41) is 17.9. The summed E-state index contributed by atoms with van der Waals surface area (Å²) in [6, 6.07) is 7.42. The zero-order valence-corrected chi connectivity index (χ0v) is 12.9. The molecule has 1 aromatic rings. The molecule has 0 aliphatic carbocycles. The summed E-state index contributed by atoms with van der Waals surface area (Å²) in [5.74, 6) is -2.64. The third-order valence-electron chi connectivity index (χ3n) is 2.87. The number of benzene rings is 1. The van der Waals surface area contributed by atoms with Gasteiger partial charge in [0.2, 0.25) is 0 Å². The Morgan fingerprint density at radius 1 is 1.41 bits per heavy atom. The summed E-state index contributed by atoms with van der Waals surface area (Å²) in [5.41, 5.74) is 6.02. The van der Waals surface area contributed by atoms with Gasteiger partial charge < -0.3 is 15.6 Å². The van der Waals surface area contributed by atoms with Gasteiger partial charge in [-0.05, 0) is 38.5 Å². The zero-order valence-electron chi connectivity index (χ0n) is 12.9. The van der Waals surface area contributed by atoms with Crippen LogP contribution in [-0.4, -0.2) is 28.7 Å². The molecule has 0 heterocycles. The van der Waals surface area contributed by atoms with Crippen molar-refractivity contribution in [1.29, 1.82) is 5.26 Å². The number of nitrogens with zero attached hydrogens (tertiary/aromatic N) is 1. The summed E-state index contributed by atoms with van der Waals surface area (Å²) in [4.78, 5) is 23.3. The lowest BCUT2D eigenvalue weighted by Gasteiger charge is -2.27. The fourth-order valence-corrected chi connectivity index (χ4v) is 2.04. The van der Waals surface area contributed by atoms with Crippen molar-refractivity contribution in [2.45, 2.75) is 44.8 Å². The van der Waals surface area contributed by atoms with Gasteiger partial charge in [0.1, 0.15) is 5.60 Å². The number of carbonyl (C=O) groups is 2. The smallest absolute Gasteiger partial charge is 0.315 e. The predicted molar refractivity (Wildman–Crippen MR) is 80.0 cm³/mol. The number of nitriles is 1. The van der Waals surface area contributed by atoms with E-state index < -0.39 is 29.5 Å². The first-order valence-corrected chi connectivity index (χ1v) is 6.84. The van der Waals surface area contributed by atoms with Crippen molar-refractivity contribution in [3.05, 3.63) is 35.4 Å². The molecule has 2 atom stereocenters. The average Bonchev–Trinajstić information content (AvgIpc) is 2.36. The maximum Gasteiger partial charge on any atom is 0.315 e. The minimum Gasteiger partial charge on any atom is -0.481 e. The largest absolute Gasteiger partial charge is 0.481 e. The maximum atomic E-state index is 12.4. The molecule has 22 heavy (non-hydrogen) atoms. The summed E-state index contributed by atoms with van der Waals surface area (Å²) in [6.45, 7) is 5.16. The van der Waals surface area contributed by atoms with Gasteiger partial charge >= 0.3 is 11.9 Å². The van der Waals surface area contributed by atoms with E-state index in [1.165, 1.54) is 6.07 Å². The van der Waals surface area contributed by atoms with Crippen LogP contribution in [0.3, 0.4) is 0 Å². The first-order valence-electron chi connectivity index (χ1n) is 6.84. The third-order valence-corrected chi connectivity index (χ3v) is 2.87. The summed E-state index contributed by atoms with van der Waals surface area (Å²) in [6.07, 6.45) is -0.374. The van der Waals surface area contributed by atoms with E-state index >= 15 is 0 Å². The molecule has 0 spiro atoms. The second-order valence-corrected chi connectivity index (χ2v) is 6.01. The highest BCUT2D eigenvalue weighted by molar-refractivity contribution is 5.81.